The molecule has 2 heteroatoms. The molecule has 0 heterocycles. The predicted molar refractivity (Wildman–Crippen MR) is 84.9 cm³/mol. The zero-order valence-electron chi connectivity index (χ0n) is 13.2. The zero-order valence-corrected chi connectivity index (χ0v) is 13.2. The Morgan fingerprint density at radius 2 is 2.00 bits per heavy atom. The van der Waals surface area contributed by atoms with E-state index in [0.29, 0.717) is 0 Å². The minimum atomic E-state index is -0.213. The summed E-state index contributed by atoms with van der Waals surface area (Å²) >= 11 is 0. The van der Waals surface area contributed by atoms with Crippen LogP contribution in [0.25, 0.3) is 0 Å². The second kappa shape index (κ2) is 6.62. The van der Waals surface area contributed by atoms with Crippen LogP contribution in [0.3, 0.4) is 0 Å². The molecule has 0 amide bonds. The molecule has 2 unspecified atom stereocenters. The molecule has 2 atom stereocenters. The van der Waals surface area contributed by atoms with Gasteiger partial charge in [0.05, 0.1) is 6.10 Å². The molecule has 1 aliphatic rings. The van der Waals surface area contributed by atoms with E-state index in [1.807, 2.05) is 6.07 Å². The summed E-state index contributed by atoms with van der Waals surface area (Å²) in [4.78, 5) is 0. The number of nitrogens with two attached hydrogens (primary N) is 1. The summed E-state index contributed by atoms with van der Waals surface area (Å²) in [7, 11) is 0. The van der Waals surface area contributed by atoms with Crippen molar-refractivity contribution in [3.8, 4) is 5.75 Å². The van der Waals surface area contributed by atoms with Crippen molar-refractivity contribution in [1.82, 2.24) is 0 Å². The smallest absolute Gasteiger partial charge is 0.124 e. The first-order chi connectivity index (χ1) is 9.55. The van der Waals surface area contributed by atoms with Gasteiger partial charge < -0.3 is 10.5 Å². The van der Waals surface area contributed by atoms with Gasteiger partial charge in [-0.1, -0.05) is 44.4 Å². The molecule has 0 saturated heterocycles. The number of benzene rings is 1. The van der Waals surface area contributed by atoms with Crippen molar-refractivity contribution in [2.75, 3.05) is 0 Å². The fourth-order valence-corrected chi connectivity index (χ4v) is 3.35. The molecule has 0 aromatic heterocycles. The molecule has 0 aliphatic heterocycles. The standard InChI is InChI=1S/C18H29NO/c1-4-15-8-7-12-18(19,13-11-15)16-9-5-6-10-17(16)20-14(2)3/h5-6,9-10,14-15H,4,7-8,11-13,19H2,1-3H3. The van der Waals surface area contributed by atoms with Crippen molar-refractivity contribution >= 4 is 0 Å². The Morgan fingerprint density at radius 3 is 2.70 bits per heavy atom. The van der Waals surface area contributed by atoms with E-state index in [4.69, 9.17) is 10.5 Å². The highest BCUT2D eigenvalue weighted by atomic mass is 16.5. The Kier molecular flexibility index (Phi) is 5.09. The fraction of sp³-hybridized carbons (Fsp3) is 0.667. The Balaban J connectivity index is 2.24. The van der Waals surface area contributed by atoms with E-state index in [9.17, 15) is 0 Å². The van der Waals surface area contributed by atoms with E-state index in [0.717, 1.165) is 24.5 Å². The zero-order chi connectivity index (χ0) is 14.6. The summed E-state index contributed by atoms with van der Waals surface area (Å²) < 4.78 is 5.98. The molecule has 2 rings (SSSR count). The Hall–Kier alpha value is -1.02. The van der Waals surface area contributed by atoms with Gasteiger partial charge in [0, 0.05) is 11.1 Å². The first-order valence-electron chi connectivity index (χ1n) is 8.10. The van der Waals surface area contributed by atoms with Gasteiger partial charge in [-0.25, -0.2) is 0 Å². The molecule has 20 heavy (non-hydrogen) atoms. The van der Waals surface area contributed by atoms with Crippen LogP contribution >= 0.6 is 0 Å². The Labute approximate surface area is 123 Å². The summed E-state index contributed by atoms with van der Waals surface area (Å²) in [6.07, 6.45) is 7.40. The first-order valence-corrected chi connectivity index (χ1v) is 8.10. The summed E-state index contributed by atoms with van der Waals surface area (Å²) in [6.45, 7) is 6.43. The van der Waals surface area contributed by atoms with Gasteiger partial charge in [0.2, 0.25) is 0 Å². The Bertz CT molecular complexity index is 429. The monoisotopic (exact) mass is 275 g/mol. The van der Waals surface area contributed by atoms with Crippen LogP contribution in [0.4, 0.5) is 0 Å². The van der Waals surface area contributed by atoms with Gasteiger partial charge in [-0.3, -0.25) is 0 Å². The second-order valence-corrected chi connectivity index (χ2v) is 6.52. The molecule has 1 aromatic rings. The van der Waals surface area contributed by atoms with Crippen LogP contribution in [0, 0.1) is 5.92 Å². The van der Waals surface area contributed by atoms with Crippen LogP contribution in [0.1, 0.15) is 64.9 Å². The highest BCUT2D eigenvalue weighted by molar-refractivity contribution is 5.39. The highest BCUT2D eigenvalue weighted by Gasteiger charge is 2.33. The summed E-state index contributed by atoms with van der Waals surface area (Å²) in [6, 6.07) is 8.34. The molecule has 1 aliphatic carbocycles. The van der Waals surface area contributed by atoms with E-state index in [2.05, 4.69) is 39.0 Å². The molecule has 0 radical (unpaired) electrons. The Morgan fingerprint density at radius 1 is 1.25 bits per heavy atom. The first kappa shape index (κ1) is 15.4. The van der Waals surface area contributed by atoms with Crippen molar-refractivity contribution in [1.29, 1.82) is 0 Å². The lowest BCUT2D eigenvalue weighted by atomic mass is 9.83. The lowest BCUT2D eigenvalue weighted by Crippen LogP contribution is -2.36. The molecule has 112 valence electrons. The van der Waals surface area contributed by atoms with Crippen LogP contribution in [0.2, 0.25) is 0 Å². The topological polar surface area (TPSA) is 35.2 Å². The van der Waals surface area contributed by atoms with Gasteiger partial charge in [-0.05, 0) is 45.1 Å². The normalized spacial score (nSPS) is 27.4. The van der Waals surface area contributed by atoms with Crippen LogP contribution in [-0.4, -0.2) is 6.10 Å². The molecule has 1 aromatic carbocycles. The maximum absolute atomic E-state index is 6.79. The van der Waals surface area contributed by atoms with Gasteiger partial charge in [-0.2, -0.15) is 0 Å². The van der Waals surface area contributed by atoms with E-state index in [1.165, 1.54) is 31.2 Å². The molecule has 0 spiro atoms. The molecule has 2 N–H and O–H groups in total. The fourth-order valence-electron chi connectivity index (χ4n) is 3.35. The van der Waals surface area contributed by atoms with Crippen LogP contribution in [0.15, 0.2) is 24.3 Å². The number of ether oxygens (including phenoxy) is 1. The second-order valence-electron chi connectivity index (χ2n) is 6.52. The molecule has 0 bridgehead atoms. The van der Waals surface area contributed by atoms with Crippen molar-refractivity contribution < 1.29 is 4.74 Å². The van der Waals surface area contributed by atoms with Crippen molar-refractivity contribution in [3.63, 3.8) is 0 Å². The van der Waals surface area contributed by atoms with Crippen LogP contribution < -0.4 is 10.5 Å². The lowest BCUT2D eigenvalue weighted by molar-refractivity contribution is 0.231. The summed E-state index contributed by atoms with van der Waals surface area (Å²) in [5.74, 6) is 1.82. The van der Waals surface area contributed by atoms with Crippen LogP contribution in [0.5, 0.6) is 5.75 Å². The van der Waals surface area contributed by atoms with E-state index < -0.39 is 0 Å². The number of hydrogen-bond donors (Lipinski definition) is 1. The van der Waals surface area contributed by atoms with Gasteiger partial charge in [0.25, 0.3) is 0 Å². The largest absolute Gasteiger partial charge is 0.491 e. The number of rotatable bonds is 4. The van der Waals surface area contributed by atoms with E-state index >= 15 is 0 Å². The molecule has 2 nitrogen and oxygen atoms in total. The van der Waals surface area contributed by atoms with Gasteiger partial charge in [0.15, 0.2) is 0 Å². The minimum absolute atomic E-state index is 0.189. The third-order valence-electron chi connectivity index (χ3n) is 4.60. The number of para-hydroxylation sites is 1. The lowest BCUT2D eigenvalue weighted by Gasteiger charge is -2.31. The van der Waals surface area contributed by atoms with E-state index in [1.54, 1.807) is 0 Å². The maximum Gasteiger partial charge on any atom is 0.124 e. The van der Waals surface area contributed by atoms with Gasteiger partial charge >= 0.3 is 0 Å². The molecule has 1 saturated carbocycles. The van der Waals surface area contributed by atoms with Crippen LogP contribution in [-0.2, 0) is 5.54 Å². The van der Waals surface area contributed by atoms with E-state index in [-0.39, 0.29) is 11.6 Å². The number of hydrogen-bond acceptors (Lipinski definition) is 2. The highest BCUT2D eigenvalue weighted by Crippen LogP contribution is 2.40. The minimum Gasteiger partial charge on any atom is -0.491 e. The maximum atomic E-state index is 6.79. The van der Waals surface area contributed by atoms with Crippen molar-refractivity contribution in [2.24, 2.45) is 11.7 Å². The quantitative estimate of drug-likeness (QED) is 0.814. The van der Waals surface area contributed by atoms with Gasteiger partial charge in [0.1, 0.15) is 5.75 Å². The summed E-state index contributed by atoms with van der Waals surface area (Å²) in [5.41, 5.74) is 7.78. The third-order valence-corrected chi connectivity index (χ3v) is 4.60. The van der Waals surface area contributed by atoms with Crippen molar-refractivity contribution in [2.45, 2.75) is 70.9 Å². The van der Waals surface area contributed by atoms with Gasteiger partial charge in [-0.15, -0.1) is 0 Å². The molecular weight excluding hydrogens is 246 g/mol. The predicted octanol–water partition coefficient (Wildman–Crippen LogP) is 4.62. The average Bonchev–Trinajstić information content (AvgIpc) is 2.61. The molecular formula is C18H29NO. The van der Waals surface area contributed by atoms with Crippen molar-refractivity contribution in [3.05, 3.63) is 29.8 Å². The summed E-state index contributed by atoms with van der Waals surface area (Å²) in [5, 5.41) is 0. The third kappa shape index (κ3) is 3.54. The average molecular weight is 275 g/mol. The SMILES string of the molecule is CCC1CCCC(N)(c2ccccc2OC(C)C)CC1. The molecule has 1 fully saturated rings.